The van der Waals surface area contributed by atoms with E-state index in [2.05, 4.69) is 42.2 Å². The SMILES string of the molecule is CCN(CCCCCCN)Cc1ccccc1. The zero-order valence-electron chi connectivity index (χ0n) is 11.1. The van der Waals surface area contributed by atoms with Crippen LogP contribution >= 0.6 is 0 Å². The van der Waals surface area contributed by atoms with E-state index in [9.17, 15) is 0 Å². The van der Waals surface area contributed by atoms with Crippen molar-refractivity contribution in [1.82, 2.24) is 4.90 Å². The molecule has 0 unspecified atom stereocenters. The quantitative estimate of drug-likeness (QED) is 0.665. The summed E-state index contributed by atoms with van der Waals surface area (Å²) in [5.74, 6) is 0. The fourth-order valence-corrected chi connectivity index (χ4v) is 2.02. The summed E-state index contributed by atoms with van der Waals surface area (Å²) < 4.78 is 0. The van der Waals surface area contributed by atoms with Crippen LogP contribution < -0.4 is 5.73 Å². The molecule has 2 heteroatoms. The largest absolute Gasteiger partial charge is 0.330 e. The monoisotopic (exact) mass is 234 g/mol. The fourth-order valence-electron chi connectivity index (χ4n) is 2.02. The molecule has 0 amide bonds. The van der Waals surface area contributed by atoms with Crippen molar-refractivity contribution >= 4 is 0 Å². The second-order valence-corrected chi connectivity index (χ2v) is 4.56. The normalized spacial score (nSPS) is 11.0. The van der Waals surface area contributed by atoms with Crippen LogP contribution in [0.25, 0.3) is 0 Å². The van der Waals surface area contributed by atoms with Gasteiger partial charge in [0, 0.05) is 6.54 Å². The zero-order chi connectivity index (χ0) is 12.3. The number of benzene rings is 1. The molecule has 1 rings (SSSR count). The minimum Gasteiger partial charge on any atom is -0.330 e. The van der Waals surface area contributed by atoms with E-state index >= 15 is 0 Å². The average Bonchev–Trinajstić information content (AvgIpc) is 2.38. The lowest BCUT2D eigenvalue weighted by atomic mass is 10.1. The fraction of sp³-hybridized carbons (Fsp3) is 0.600. The van der Waals surface area contributed by atoms with Gasteiger partial charge < -0.3 is 5.73 Å². The Bertz CT molecular complexity index is 272. The molecule has 0 bridgehead atoms. The Morgan fingerprint density at radius 1 is 1.00 bits per heavy atom. The van der Waals surface area contributed by atoms with Crippen LogP contribution in [0.4, 0.5) is 0 Å². The molecule has 0 atom stereocenters. The van der Waals surface area contributed by atoms with E-state index in [0.717, 1.165) is 19.6 Å². The Labute approximate surface area is 106 Å². The van der Waals surface area contributed by atoms with Gasteiger partial charge in [0.1, 0.15) is 0 Å². The van der Waals surface area contributed by atoms with Crippen LogP contribution in [0.5, 0.6) is 0 Å². The third-order valence-corrected chi connectivity index (χ3v) is 3.12. The Hall–Kier alpha value is -0.860. The smallest absolute Gasteiger partial charge is 0.0233 e. The molecule has 0 saturated heterocycles. The lowest BCUT2D eigenvalue weighted by Gasteiger charge is -2.20. The van der Waals surface area contributed by atoms with Gasteiger partial charge in [0.2, 0.25) is 0 Å². The summed E-state index contributed by atoms with van der Waals surface area (Å²) in [5.41, 5.74) is 6.90. The lowest BCUT2D eigenvalue weighted by molar-refractivity contribution is 0.272. The summed E-state index contributed by atoms with van der Waals surface area (Å²) in [7, 11) is 0. The van der Waals surface area contributed by atoms with E-state index in [-0.39, 0.29) is 0 Å². The van der Waals surface area contributed by atoms with Gasteiger partial charge in [-0.1, -0.05) is 50.1 Å². The van der Waals surface area contributed by atoms with Crippen molar-refractivity contribution < 1.29 is 0 Å². The maximum atomic E-state index is 5.49. The van der Waals surface area contributed by atoms with Gasteiger partial charge in [-0.05, 0) is 38.0 Å². The summed E-state index contributed by atoms with van der Waals surface area (Å²) >= 11 is 0. The lowest BCUT2D eigenvalue weighted by Crippen LogP contribution is -2.24. The van der Waals surface area contributed by atoms with E-state index in [1.807, 2.05) is 0 Å². The first-order chi connectivity index (χ1) is 8.36. The minimum absolute atomic E-state index is 0.835. The first-order valence-corrected chi connectivity index (χ1v) is 6.83. The molecule has 1 aromatic carbocycles. The highest BCUT2D eigenvalue weighted by Gasteiger charge is 2.02. The molecule has 0 saturated carbocycles. The molecule has 0 aliphatic carbocycles. The maximum Gasteiger partial charge on any atom is 0.0233 e. The van der Waals surface area contributed by atoms with Crippen molar-refractivity contribution in [2.75, 3.05) is 19.6 Å². The van der Waals surface area contributed by atoms with Crippen LogP contribution in [0.2, 0.25) is 0 Å². The Morgan fingerprint density at radius 2 is 1.71 bits per heavy atom. The first-order valence-electron chi connectivity index (χ1n) is 6.83. The molecular weight excluding hydrogens is 208 g/mol. The van der Waals surface area contributed by atoms with Gasteiger partial charge in [-0.15, -0.1) is 0 Å². The second-order valence-electron chi connectivity index (χ2n) is 4.56. The van der Waals surface area contributed by atoms with Crippen molar-refractivity contribution in [1.29, 1.82) is 0 Å². The molecule has 17 heavy (non-hydrogen) atoms. The number of nitrogens with zero attached hydrogens (tertiary/aromatic N) is 1. The van der Waals surface area contributed by atoms with Crippen molar-refractivity contribution in [3.63, 3.8) is 0 Å². The van der Waals surface area contributed by atoms with E-state index in [0.29, 0.717) is 0 Å². The minimum atomic E-state index is 0.835. The molecule has 2 N–H and O–H groups in total. The third-order valence-electron chi connectivity index (χ3n) is 3.12. The van der Waals surface area contributed by atoms with Crippen molar-refractivity contribution in [3.05, 3.63) is 35.9 Å². The van der Waals surface area contributed by atoms with Gasteiger partial charge in [0.25, 0.3) is 0 Å². The molecule has 0 aliphatic heterocycles. The summed E-state index contributed by atoms with van der Waals surface area (Å²) in [6, 6.07) is 10.7. The summed E-state index contributed by atoms with van der Waals surface area (Å²) in [5, 5.41) is 0. The Morgan fingerprint density at radius 3 is 2.35 bits per heavy atom. The van der Waals surface area contributed by atoms with E-state index < -0.39 is 0 Å². The average molecular weight is 234 g/mol. The molecule has 0 aliphatic rings. The number of rotatable bonds is 9. The third kappa shape index (κ3) is 6.44. The highest BCUT2D eigenvalue weighted by atomic mass is 15.1. The van der Waals surface area contributed by atoms with Crippen molar-refractivity contribution in [3.8, 4) is 0 Å². The van der Waals surface area contributed by atoms with Crippen LogP contribution in [-0.4, -0.2) is 24.5 Å². The molecule has 0 heterocycles. The van der Waals surface area contributed by atoms with Gasteiger partial charge in [-0.3, -0.25) is 4.90 Å². The van der Waals surface area contributed by atoms with Gasteiger partial charge in [-0.25, -0.2) is 0 Å². The Kier molecular flexibility index (Phi) is 7.69. The standard InChI is InChI=1S/C15H26N2/c1-2-17(13-9-4-3-8-12-16)14-15-10-6-5-7-11-15/h5-7,10-11H,2-4,8-9,12-14,16H2,1H3. The topological polar surface area (TPSA) is 29.3 Å². The van der Waals surface area contributed by atoms with Crippen LogP contribution in [0.3, 0.4) is 0 Å². The Balaban J connectivity index is 2.20. The maximum absolute atomic E-state index is 5.49. The summed E-state index contributed by atoms with van der Waals surface area (Å²) in [4.78, 5) is 2.51. The molecule has 2 nitrogen and oxygen atoms in total. The molecule has 0 aromatic heterocycles. The zero-order valence-corrected chi connectivity index (χ0v) is 11.1. The first kappa shape index (κ1) is 14.2. The number of hydrogen-bond donors (Lipinski definition) is 1. The van der Waals surface area contributed by atoms with Crippen LogP contribution in [0.1, 0.15) is 38.2 Å². The van der Waals surface area contributed by atoms with Crippen molar-refractivity contribution in [2.45, 2.75) is 39.2 Å². The van der Waals surface area contributed by atoms with E-state index in [4.69, 9.17) is 5.73 Å². The molecule has 0 fully saturated rings. The highest BCUT2D eigenvalue weighted by molar-refractivity contribution is 5.14. The molecule has 96 valence electrons. The van der Waals surface area contributed by atoms with Gasteiger partial charge in [-0.2, -0.15) is 0 Å². The van der Waals surface area contributed by atoms with Crippen LogP contribution in [0, 0.1) is 0 Å². The number of hydrogen-bond acceptors (Lipinski definition) is 2. The molecular formula is C15H26N2. The molecule has 1 aromatic rings. The highest BCUT2D eigenvalue weighted by Crippen LogP contribution is 2.06. The van der Waals surface area contributed by atoms with Crippen molar-refractivity contribution in [2.24, 2.45) is 5.73 Å². The molecule has 0 spiro atoms. The van der Waals surface area contributed by atoms with Crippen LogP contribution in [0.15, 0.2) is 30.3 Å². The number of unbranched alkanes of at least 4 members (excludes halogenated alkanes) is 3. The number of nitrogens with two attached hydrogens (primary N) is 1. The predicted molar refractivity (Wildman–Crippen MR) is 74.9 cm³/mol. The second kappa shape index (κ2) is 9.20. The van der Waals surface area contributed by atoms with Gasteiger partial charge in [0.15, 0.2) is 0 Å². The van der Waals surface area contributed by atoms with Gasteiger partial charge in [0.05, 0.1) is 0 Å². The van der Waals surface area contributed by atoms with E-state index in [1.165, 1.54) is 37.8 Å². The van der Waals surface area contributed by atoms with E-state index in [1.54, 1.807) is 0 Å². The predicted octanol–water partition coefficient (Wildman–Crippen LogP) is 3.03. The van der Waals surface area contributed by atoms with Gasteiger partial charge >= 0.3 is 0 Å². The summed E-state index contributed by atoms with van der Waals surface area (Å²) in [6.07, 6.45) is 5.05. The summed E-state index contributed by atoms with van der Waals surface area (Å²) in [6.45, 7) is 6.49. The van der Waals surface area contributed by atoms with Crippen LogP contribution in [-0.2, 0) is 6.54 Å². The molecule has 0 radical (unpaired) electrons.